The van der Waals surface area contributed by atoms with Crippen LogP contribution < -0.4 is 5.32 Å². The highest BCUT2D eigenvalue weighted by molar-refractivity contribution is 5.83. The Morgan fingerprint density at radius 2 is 1.73 bits per heavy atom. The molecule has 1 aromatic carbocycles. The summed E-state index contributed by atoms with van der Waals surface area (Å²) >= 11 is 0. The summed E-state index contributed by atoms with van der Waals surface area (Å²) in [6.07, 6.45) is 0. The van der Waals surface area contributed by atoms with Gasteiger partial charge >= 0.3 is 0 Å². The van der Waals surface area contributed by atoms with Crippen molar-refractivity contribution < 1.29 is 4.79 Å². The lowest BCUT2D eigenvalue weighted by atomic mass is 9.99. The molecule has 15 heavy (non-hydrogen) atoms. The van der Waals surface area contributed by atoms with Crippen molar-refractivity contribution in [1.82, 2.24) is 5.32 Å². The summed E-state index contributed by atoms with van der Waals surface area (Å²) in [4.78, 5) is 11.8. The normalized spacial score (nSPS) is 13.3. The van der Waals surface area contributed by atoms with Crippen molar-refractivity contribution in [1.29, 1.82) is 0 Å². The molecule has 0 aliphatic rings. The summed E-state index contributed by atoms with van der Waals surface area (Å²) in [7, 11) is 0. The minimum absolute atomic E-state index is 0.0775. The fourth-order valence-corrected chi connectivity index (χ4v) is 1.37. The number of carbonyl (C=O) groups excluding carboxylic acids is 1. The van der Waals surface area contributed by atoms with Crippen LogP contribution >= 0.6 is 0 Å². The molecule has 0 heterocycles. The van der Waals surface area contributed by atoms with Gasteiger partial charge in [-0.1, -0.05) is 30.3 Å². The Morgan fingerprint density at radius 3 is 2.20 bits per heavy atom. The molecule has 1 N–H and O–H groups in total. The average Bonchev–Trinajstić information content (AvgIpc) is 2.15. The van der Waals surface area contributed by atoms with E-state index in [9.17, 15) is 4.79 Å². The quantitative estimate of drug-likeness (QED) is 0.790. The second-order valence-corrected chi connectivity index (χ2v) is 4.87. The van der Waals surface area contributed by atoms with Crippen LogP contribution in [0.3, 0.4) is 0 Å². The number of benzene rings is 1. The molecular weight excluding hydrogens is 186 g/mol. The summed E-state index contributed by atoms with van der Waals surface area (Å²) < 4.78 is 0. The van der Waals surface area contributed by atoms with Gasteiger partial charge in [0, 0.05) is 5.54 Å². The van der Waals surface area contributed by atoms with Crippen LogP contribution in [0.2, 0.25) is 0 Å². The zero-order valence-corrected chi connectivity index (χ0v) is 9.87. The van der Waals surface area contributed by atoms with Crippen LogP contribution in [0.4, 0.5) is 0 Å². The van der Waals surface area contributed by atoms with E-state index >= 15 is 0 Å². The molecule has 0 unspecified atom stereocenters. The molecule has 0 spiro atoms. The lowest BCUT2D eigenvalue weighted by Gasteiger charge is -2.23. The molecule has 82 valence electrons. The van der Waals surface area contributed by atoms with Crippen LogP contribution in [0.1, 0.15) is 39.2 Å². The van der Waals surface area contributed by atoms with Crippen molar-refractivity contribution >= 4 is 5.91 Å². The van der Waals surface area contributed by atoms with Crippen molar-refractivity contribution in [3.05, 3.63) is 35.9 Å². The van der Waals surface area contributed by atoms with Gasteiger partial charge in [0.25, 0.3) is 0 Å². The van der Waals surface area contributed by atoms with E-state index in [1.165, 1.54) is 0 Å². The first-order valence-corrected chi connectivity index (χ1v) is 5.27. The van der Waals surface area contributed by atoms with Crippen molar-refractivity contribution in [2.45, 2.75) is 39.2 Å². The van der Waals surface area contributed by atoms with Gasteiger partial charge in [-0.15, -0.1) is 0 Å². The lowest BCUT2D eigenvalue weighted by Crippen LogP contribution is -2.42. The molecule has 1 atom stereocenters. The van der Waals surface area contributed by atoms with Crippen LogP contribution in [-0.4, -0.2) is 11.4 Å². The number of carbonyl (C=O) groups is 1. The first kappa shape index (κ1) is 11.8. The van der Waals surface area contributed by atoms with Crippen molar-refractivity contribution in [2.75, 3.05) is 0 Å². The van der Waals surface area contributed by atoms with E-state index in [0.717, 1.165) is 5.56 Å². The third-order valence-electron chi connectivity index (χ3n) is 2.19. The molecule has 1 amide bonds. The van der Waals surface area contributed by atoms with Gasteiger partial charge in [-0.05, 0) is 33.3 Å². The second-order valence-electron chi connectivity index (χ2n) is 4.87. The van der Waals surface area contributed by atoms with Crippen LogP contribution in [0.15, 0.2) is 30.3 Å². The number of nitrogens with one attached hydrogen (secondary N) is 1. The number of amides is 1. The van der Waals surface area contributed by atoms with E-state index in [-0.39, 0.29) is 17.4 Å². The molecule has 0 radical (unpaired) electrons. The first-order chi connectivity index (χ1) is 6.90. The molecule has 2 heteroatoms. The highest BCUT2D eigenvalue weighted by Gasteiger charge is 2.19. The SMILES string of the molecule is C[C@@H](C(=O)NC(C)(C)C)c1ccccc1. The van der Waals surface area contributed by atoms with Crippen molar-refractivity contribution in [3.8, 4) is 0 Å². The third-order valence-corrected chi connectivity index (χ3v) is 2.19. The maximum atomic E-state index is 11.8. The molecule has 0 aromatic heterocycles. The van der Waals surface area contributed by atoms with Gasteiger partial charge in [-0.3, -0.25) is 4.79 Å². The lowest BCUT2D eigenvalue weighted by molar-refractivity contribution is -0.123. The molecule has 0 aliphatic heterocycles. The summed E-state index contributed by atoms with van der Waals surface area (Å²) in [5.74, 6) is -0.0147. The second kappa shape index (κ2) is 4.47. The van der Waals surface area contributed by atoms with Gasteiger partial charge in [-0.2, -0.15) is 0 Å². The van der Waals surface area contributed by atoms with E-state index in [2.05, 4.69) is 5.32 Å². The number of hydrogen-bond acceptors (Lipinski definition) is 1. The topological polar surface area (TPSA) is 29.1 Å². The van der Waals surface area contributed by atoms with Gasteiger partial charge in [0.1, 0.15) is 0 Å². The Balaban J connectivity index is 2.70. The summed E-state index contributed by atoms with van der Waals surface area (Å²) in [6, 6.07) is 9.82. The highest BCUT2D eigenvalue weighted by atomic mass is 16.2. The van der Waals surface area contributed by atoms with E-state index in [1.54, 1.807) is 0 Å². The van der Waals surface area contributed by atoms with Crippen LogP contribution in [-0.2, 0) is 4.79 Å². The number of rotatable bonds is 2. The fourth-order valence-electron chi connectivity index (χ4n) is 1.37. The monoisotopic (exact) mass is 205 g/mol. The van der Waals surface area contributed by atoms with E-state index in [0.29, 0.717) is 0 Å². The van der Waals surface area contributed by atoms with Gasteiger partial charge in [0.15, 0.2) is 0 Å². The van der Waals surface area contributed by atoms with Crippen LogP contribution in [0, 0.1) is 0 Å². The molecule has 1 rings (SSSR count). The molecule has 0 bridgehead atoms. The maximum Gasteiger partial charge on any atom is 0.227 e. The molecule has 0 saturated carbocycles. The molecular formula is C13H19NO. The molecule has 0 aliphatic carbocycles. The summed E-state index contributed by atoms with van der Waals surface area (Å²) in [5, 5.41) is 2.98. The van der Waals surface area contributed by atoms with Crippen molar-refractivity contribution in [2.24, 2.45) is 0 Å². The smallest absolute Gasteiger partial charge is 0.227 e. The van der Waals surface area contributed by atoms with Gasteiger partial charge in [-0.25, -0.2) is 0 Å². The minimum Gasteiger partial charge on any atom is -0.351 e. The Morgan fingerprint density at radius 1 is 1.20 bits per heavy atom. The largest absolute Gasteiger partial charge is 0.351 e. The van der Waals surface area contributed by atoms with Gasteiger partial charge < -0.3 is 5.32 Å². The van der Waals surface area contributed by atoms with Gasteiger partial charge in [0.05, 0.1) is 5.92 Å². The molecule has 2 nitrogen and oxygen atoms in total. The molecule has 1 aromatic rings. The van der Waals surface area contributed by atoms with E-state index in [1.807, 2.05) is 58.0 Å². The van der Waals surface area contributed by atoms with Crippen LogP contribution in [0.25, 0.3) is 0 Å². The highest BCUT2D eigenvalue weighted by Crippen LogP contribution is 2.15. The zero-order chi connectivity index (χ0) is 11.5. The Hall–Kier alpha value is -1.31. The Kier molecular flexibility index (Phi) is 3.51. The summed E-state index contributed by atoms with van der Waals surface area (Å²) in [6.45, 7) is 7.89. The molecule has 0 saturated heterocycles. The average molecular weight is 205 g/mol. The maximum absolute atomic E-state index is 11.8. The molecule has 0 fully saturated rings. The van der Waals surface area contributed by atoms with E-state index in [4.69, 9.17) is 0 Å². The van der Waals surface area contributed by atoms with Gasteiger partial charge in [0.2, 0.25) is 5.91 Å². The third kappa shape index (κ3) is 3.74. The predicted molar refractivity (Wildman–Crippen MR) is 62.8 cm³/mol. The van der Waals surface area contributed by atoms with E-state index < -0.39 is 0 Å². The first-order valence-electron chi connectivity index (χ1n) is 5.27. The van der Waals surface area contributed by atoms with Crippen LogP contribution in [0.5, 0.6) is 0 Å². The fraction of sp³-hybridized carbons (Fsp3) is 0.462. The predicted octanol–water partition coefficient (Wildman–Crippen LogP) is 2.70. The number of hydrogen-bond donors (Lipinski definition) is 1. The Bertz CT molecular complexity index is 324. The Labute approximate surface area is 91.7 Å². The van der Waals surface area contributed by atoms with Crippen molar-refractivity contribution in [3.63, 3.8) is 0 Å². The standard InChI is InChI=1S/C13H19NO/c1-10(11-8-6-5-7-9-11)12(15)14-13(2,3)4/h5-10H,1-4H3,(H,14,15)/t10-/m1/s1. The minimum atomic E-state index is -0.167. The summed E-state index contributed by atoms with van der Waals surface area (Å²) in [5.41, 5.74) is 0.888. The zero-order valence-electron chi connectivity index (χ0n) is 9.87.